The molecule has 0 heterocycles. The number of para-hydroxylation sites is 1. The monoisotopic (exact) mass is 422 g/mol. The summed E-state index contributed by atoms with van der Waals surface area (Å²) in [6.45, 7) is 0.973. The van der Waals surface area contributed by atoms with Gasteiger partial charge in [-0.3, -0.25) is 9.59 Å². The van der Waals surface area contributed by atoms with Crippen molar-refractivity contribution in [3.63, 3.8) is 0 Å². The third kappa shape index (κ3) is 5.78. The van der Waals surface area contributed by atoms with Crippen molar-refractivity contribution >= 4 is 11.8 Å². The molecule has 0 radical (unpaired) electrons. The zero-order chi connectivity index (χ0) is 21.6. The first kappa shape index (κ1) is 21.2. The van der Waals surface area contributed by atoms with Crippen molar-refractivity contribution in [1.29, 1.82) is 0 Å². The van der Waals surface area contributed by atoms with Gasteiger partial charge in [-0.05, 0) is 61.4 Å². The van der Waals surface area contributed by atoms with Crippen molar-refractivity contribution in [3.05, 3.63) is 60.2 Å². The van der Waals surface area contributed by atoms with Gasteiger partial charge >= 0.3 is 0 Å². The van der Waals surface area contributed by atoms with E-state index in [4.69, 9.17) is 9.47 Å². The highest BCUT2D eigenvalue weighted by Gasteiger charge is 2.41. The van der Waals surface area contributed by atoms with Gasteiger partial charge in [0.15, 0.2) is 0 Å². The second-order valence-corrected chi connectivity index (χ2v) is 8.53. The number of ether oxygens (including phenoxy) is 2. The minimum atomic E-state index is -0.252. The van der Waals surface area contributed by atoms with Gasteiger partial charge in [0.25, 0.3) is 0 Å². The van der Waals surface area contributed by atoms with Crippen LogP contribution in [0.1, 0.15) is 31.2 Å². The number of methoxy groups -OCH3 is 1. The van der Waals surface area contributed by atoms with Crippen LogP contribution in [-0.4, -0.2) is 31.6 Å². The molecule has 2 saturated carbocycles. The van der Waals surface area contributed by atoms with Gasteiger partial charge in [-0.2, -0.15) is 0 Å². The fourth-order valence-corrected chi connectivity index (χ4v) is 4.21. The molecule has 0 saturated heterocycles. The van der Waals surface area contributed by atoms with Gasteiger partial charge in [0.05, 0.1) is 19.6 Å². The second-order valence-electron chi connectivity index (χ2n) is 8.53. The number of benzene rings is 2. The Hall–Kier alpha value is -3.02. The van der Waals surface area contributed by atoms with E-state index < -0.39 is 0 Å². The van der Waals surface area contributed by atoms with Gasteiger partial charge in [0.1, 0.15) is 11.5 Å². The van der Waals surface area contributed by atoms with Crippen LogP contribution in [-0.2, 0) is 16.1 Å². The predicted octanol–water partition coefficient (Wildman–Crippen LogP) is 3.31. The van der Waals surface area contributed by atoms with E-state index in [-0.39, 0.29) is 35.6 Å². The summed E-state index contributed by atoms with van der Waals surface area (Å²) >= 11 is 0. The molecule has 0 aromatic heterocycles. The Kier molecular flexibility index (Phi) is 6.75. The molecule has 2 aromatic carbocycles. The quantitative estimate of drug-likeness (QED) is 0.650. The lowest BCUT2D eigenvalue weighted by Crippen LogP contribution is -2.44. The van der Waals surface area contributed by atoms with Crippen molar-refractivity contribution in [1.82, 2.24) is 10.6 Å². The number of hydrogen-bond acceptors (Lipinski definition) is 4. The zero-order valence-electron chi connectivity index (χ0n) is 17.9. The minimum Gasteiger partial charge on any atom is -0.497 e. The molecule has 164 valence electrons. The first-order chi connectivity index (χ1) is 15.1. The lowest BCUT2D eigenvalue weighted by Gasteiger charge is -2.20. The lowest BCUT2D eigenvalue weighted by molar-refractivity contribution is -0.127. The van der Waals surface area contributed by atoms with E-state index in [0.29, 0.717) is 19.6 Å². The Balaban J connectivity index is 1.36. The fraction of sp³-hybridized carbons (Fsp3) is 0.440. The number of rotatable bonds is 9. The highest BCUT2D eigenvalue weighted by Crippen LogP contribution is 2.35. The molecule has 0 unspecified atom stereocenters. The normalized spacial score (nSPS) is 22.5. The highest BCUT2D eigenvalue weighted by atomic mass is 16.5. The van der Waals surface area contributed by atoms with Gasteiger partial charge in [0, 0.05) is 18.5 Å². The molecule has 6 heteroatoms. The summed E-state index contributed by atoms with van der Waals surface area (Å²) in [5, 5.41) is 6.19. The first-order valence-corrected chi connectivity index (χ1v) is 11.0. The maximum atomic E-state index is 13.0. The second kappa shape index (κ2) is 9.86. The molecule has 2 amide bonds. The highest BCUT2D eigenvalue weighted by molar-refractivity contribution is 5.84. The summed E-state index contributed by atoms with van der Waals surface area (Å²) in [6.07, 6.45) is 3.35. The summed E-state index contributed by atoms with van der Waals surface area (Å²) in [5.74, 6) is 1.74. The average Bonchev–Trinajstić information content (AvgIpc) is 3.58. The van der Waals surface area contributed by atoms with Crippen molar-refractivity contribution < 1.29 is 19.1 Å². The van der Waals surface area contributed by atoms with E-state index in [9.17, 15) is 9.59 Å². The van der Waals surface area contributed by atoms with Crippen molar-refractivity contribution in [2.75, 3.05) is 13.7 Å². The molecule has 6 nitrogen and oxygen atoms in total. The molecule has 2 aliphatic rings. The van der Waals surface area contributed by atoms with E-state index in [1.54, 1.807) is 7.11 Å². The topological polar surface area (TPSA) is 76.7 Å². The number of amides is 2. The van der Waals surface area contributed by atoms with Crippen LogP contribution < -0.4 is 20.1 Å². The maximum absolute atomic E-state index is 13.0. The molecule has 2 N–H and O–H groups in total. The van der Waals surface area contributed by atoms with Gasteiger partial charge < -0.3 is 20.1 Å². The fourth-order valence-electron chi connectivity index (χ4n) is 4.21. The molecular formula is C25H30N2O4. The third-order valence-corrected chi connectivity index (χ3v) is 6.10. The van der Waals surface area contributed by atoms with Crippen LogP contribution in [0.4, 0.5) is 0 Å². The average molecular weight is 423 g/mol. The molecule has 31 heavy (non-hydrogen) atoms. The molecule has 3 atom stereocenters. The standard InChI is InChI=1S/C25H30N2O4/c1-30-21-9-5-6-17(12-21)15-26-25(29)22-13-18(16-31-20-7-3-2-4-8-20)14-23(22)27-24(28)19-10-11-19/h2-9,12,18-19,22-23H,10-11,13-16H2,1H3,(H,26,29)(H,27,28)/t18-,22-,23-/m1/s1. The summed E-state index contributed by atoms with van der Waals surface area (Å²) in [5.41, 5.74) is 0.980. The van der Waals surface area contributed by atoms with Crippen molar-refractivity contribution in [2.45, 2.75) is 38.3 Å². The van der Waals surface area contributed by atoms with Gasteiger partial charge in [-0.15, -0.1) is 0 Å². The minimum absolute atomic E-state index is 0.0221. The van der Waals surface area contributed by atoms with Gasteiger partial charge in [-0.1, -0.05) is 30.3 Å². The Morgan fingerprint density at radius 1 is 0.968 bits per heavy atom. The molecule has 0 bridgehead atoms. The molecule has 2 aliphatic carbocycles. The van der Waals surface area contributed by atoms with E-state index in [2.05, 4.69) is 10.6 Å². The molecule has 2 fully saturated rings. The van der Waals surface area contributed by atoms with E-state index in [0.717, 1.165) is 36.3 Å². The summed E-state index contributed by atoms with van der Waals surface area (Å²) in [6, 6.07) is 17.2. The Bertz CT molecular complexity index is 897. The van der Waals surface area contributed by atoms with Crippen molar-refractivity contribution in [2.24, 2.45) is 17.8 Å². The van der Waals surface area contributed by atoms with Crippen molar-refractivity contribution in [3.8, 4) is 11.5 Å². The van der Waals surface area contributed by atoms with Crippen LogP contribution in [0.3, 0.4) is 0 Å². The Morgan fingerprint density at radius 2 is 1.74 bits per heavy atom. The molecule has 0 spiro atoms. The molecule has 2 aromatic rings. The van der Waals surface area contributed by atoms with Crippen LogP contribution in [0.15, 0.2) is 54.6 Å². The number of nitrogens with one attached hydrogen (secondary N) is 2. The predicted molar refractivity (Wildman–Crippen MR) is 118 cm³/mol. The number of carbonyl (C=O) groups excluding carboxylic acids is 2. The molecule has 4 rings (SSSR count). The van der Waals surface area contributed by atoms with Crippen LogP contribution in [0, 0.1) is 17.8 Å². The van der Waals surface area contributed by atoms with Crippen LogP contribution in [0.5, 0.6) is 11.5 Å². The van der Waals surface area contributed by atoms with Crippen LogP contribution >= 0.6 is 0 Å². The van der Waals surface area contributed by atoms with E-state index >= 15 is 0 Å². The summed E-state index contributed by atoms with van der Waals surface area (Å²) in [4.78, 5) is 25.4. The van der Waals surface area contributed by atoms with Crippen LogP contribution in [0.2, 0.25) is 0 Å². The first-order valence-electron chi connectivity index (χ1n) is 11.0. The van der Waals surface area contributed by atoms with Gasteiger partial charge in [0.2, 0.25) is 11.8 Å². The van der Waals surface area contributed by atoms with E-state index in [1.165, 1.54) is 0 Å². The van der Waals surface area contributed by atoms with Gasteiger partial charge in [-0.25, -0.2) is 0 Å². The van der Waals surface area contributed by atoms with Crippen LogP contribution in [0.25, 0.3) is 0 Å². The maximum Gasteiger partial charge on any atom is 0.225 e. The Morgan fingerprint density at radius 3 is 2.48 bits per heavy atom. The zero-order valence-corrected chi connectivity index (χ0v) is 17.9. The number of carbonyl (C=O) groups is 2. The smallest absolute Gasteiger partial charge is 0.225 e. The lowest BCUT2D eigenvalue weighted by atomic mass is 10.0. The molecular weight excluding hydrogens is 392 g/mol. The van der Waals surface area contributed by atoms with E-state index in [1.807, 2.05) is 54.6 Å². The largest absolute Gasteiger partial charge is 0.497 e. The summed E-state index contributed by atoms with van der Waals surface area (Å²) in [7, 11) is 1.63. The number of hydrogen-bond donors (Lipinski definition) is 2. The Labute approximate surface area is 183 Å². The SMILES string of the molecule is COc1cccc(CNC(=O)[C@@H]2C[C@@H](COc3ccccc3)C[C@H]2NC(=O)C2CC2)c1. The summed E-state index contributed by atoms with van der Waals surface area (Å²) < 4.78 is 11.2. The third-order valence-electron chi connectivity index (χ3n) is 6.10. The molecule has 0 aliphatic heterocycles.